The topological polar surface area (TPSA) is 52.3 Å². The van der Waals surface area contributed by atoms with E-state index in [1.54, 1.807) is 6.08 Å². The van der Waals surface area contributed by atoms with Crippen LogP contribution in [0.4, 0.5) is 0 Å². The van der Waals surface area contributed by atoms with Crippen LogP contribution in [0.5, 0.6) is 0 Å². The van der Waals surface area contributed by atoms with Crippen molar-refractivity contribution in [3.63, 3.8) is 0 Å². The van der Waals surface area contributed by atoms with Crippen molar-refractivity contribution in [3.8, 4) is 0 Å². The predicted molar refractivity (Wildman–Crippen MR) is 62.7 cm³/mol. The lowest BCUT2D eigenvalue weighted by molar-refractivity contribution is -0.137. The molecule has 0 saturated carbocycles. The fraction of sp³-hybridized carbons (Fsp3) is 0.182. The van der Waals surface area contributed by atoms with Crippen molar-refractivity contribution < 1.29 is 9.53 Å². The highest BCUT2D eigenvalue weighted by molar-refractivity contribution is 5.87. The number of carbonyl (C=O) groups is 1. The molecule has 0 aliphatic carbocycles. The fourth-order valence-corrected chi connectivity index (χ4v) is 0.936. The molecule has 0 spiro atoms. The SMILES string of the molecule is Cl.NCCOC(=O)C=Cc1ccccc1. The second-order valence-electron chi connectivity index (χ2n) is 2.70. The second kappa shape index (κ2) is 8.03. The Morgan fingerprint density at radius 3 is 2.60 bits per heavy atom. The van der Waals surface area contributed by atoms with Crippen molar-refractivity contribution in [2.75, 3.05) is 13.2 Å². The van der Waals surface area contributed by atoms with Crippen LogP contribution in [0.3, 0.4) is 0 Å². The van der Waals surface area contributed by atoms with Crippen LogP contribution < -0.4 is 5.73 Å². The molecule has 0 aliphatic heterocycles. The van der Waals surface area contributed by atoms with Gasteiger partial charge >= 0.3 is 5.97 Å². The van der Waals surface area contributed by atoms with Crippen molar-refractivity contribution >= 4 is 24.5 Å². The fourth-order valence-electron chi connectivity index (χ4n) is 0.936. The minimum atomic E-state index is -0.362. The molecule has 1 aromatic rings. The highest BCUT2D eigenvalue weighted by Crippen LogP contribution is 2.00. The summed E-state index contributed by atoms with van der Waals surface area (Å²) in [5.41, 5.74) is 6.15. The summed E-state index contributed by atoms with van der Waals surface area (Å²) < 4.78 is 4.76. The van der Waals surface area contributed by atoms with Crippen LogP contribution >= 0.6 is 12.4 Å². The number of ether oxygens (including phenoxy) is 1. The van der Waals surface area contributed by atoms with E-state index in [2.05, 4.69) is 0 Å². The van der Waals surface area contributed by atoms with Gasteiger partial charge in [0.1, 0.15) is 6.61 Å². The van der Waals surface area contributed by atoms with E-state index in [-0.39, 0.29) is 25.0 Å². The maximum absolute atomic E-state index is 11.0. The quantitative estimate of drug-likeness (QED) is 0.628. The summed E-state index contributed by atoms with van der Waals surface area (Å²) in [6.45, 7) is 0.614. The molecule has 1 aromatic carbocycles. The van der Waals surface area contributed by atoms with Crippen molar-refractivity contribution in [1.29, 1.82) is 0 Å². The Morgan fingerprint density at radius 1 is 1.33 bits per heavy atom. The molecule has 0 saturated heterocycles. The van der Waals surface area contributed by atoms with Crippen LogP contribution in [0, 0.1) is 0 Å². The molecule has 0 aromatic heterocycles. The van der Waals surface area contributed by atoms with Crippen LogP contribution in [0.1, 0.15) is 5.56 Å². The van der Waals surface area contributed by atoms with Crippen molar-refractivity contribution in [2.24, 2.45) is 5.73 Å². The van der Waals surface area contributed by atoms with Gasteiger partial charge in [0.15, 0.2) is 0 Å². The third-order valence-corrected chi connectivity index (χ3v) is 1.57. The summed E-state index contributed by atoms with van der Waals surface area (Å²) in [7, 11) is 0. The summed E-state index contributed by atoms with van der Waals surface area (Å²) >= 11 is 0. The normalized spacial score (nSPS) is 9.67. The van der Waals surface area contributed by atoms with E-state index in [0.717, 1.165) is 5.56 Å². The Bertz CT molecular complexity index is 312. The van der Waals surface area contributed by atoms with E-state index < -0.39 is 0 Å². The molecule has 0 heterocycles. The van der Waals surface area contributed by atoms with Gasteiger partial charge in [-0.3, -0.25) is 0 Å². The number of rotatable bonds is 4. The summed E-state index contributed by atoms with van der Waals surface area (Å²) in [6, 6.07) is 9.55. The molecule has 1 rings (SSSR count). The first-order valence-corrected chi connectivity index (χ1v) is 4.43. The second-order valence-corrected chi connectivity index (χ2v) is 2.70. The lowest BCUT2D eigenvalue weighted by Gasteiger charge is -1.97. The minimum Gasteiger partial charge on any atom is -0.461 e. The molecule has 82 valence electrons. The highest BCUT2D eigenvalue weighted by atomic mass is 35.5. The number of esters is 1. The van der Waals surface area contributed by atoms with Gasteiger partial charge in [-0.25, -0.2) is 4.79 Å². The molecule has 0 fully saturated rings. The summed E-state index contributed by atoms with van der Waals surface area (Å²) in [5.74, 6) is -0.362. The summed E-state index contributed by atoms with van der Waals surface area (Å²) in [6.07, 6.45) is 3.10. The number of benzene rings is 1. The van der Waals surface area contributed by atoms with Crippen LogP contribution in [-0.2, 0) is 9.53 Å². The molecule has 0 atom stereocenters. The summed E-state index contributed by atoms with van der Waals surface area (Å²) in [5, 5.41) is 0. The molecule has 0 aliphatic rings. The van der Waals surface area contributed by atoms with Gasteiger partial charge in [0.05, 0.1) is 0 Å². The van der Waals surface area contributed by atoms with E-state index in [1.165, 1.54) is 6.08 Å². The third-order valence-electron chi connectivity index (χ3n) is 1.57. The highest BCUT2D eigenvalue weighted by Gasteiger charge is 1.94. The largest absolute Gasteiger partial charge is 0.461 e. The molecule has 0 amide bonds. The molecule has 2 N–H and O–H groups in total. The van der Waals surface area contributed by atoms with Gasteiger partial charge in [-0.15, -0.1) is 12.4 Å². The Morgan fingerprint density at radius 2 is 2.00 bits per heavy atom. The van der Waals surface area contributed by atoms with Gasteiger partial charge in [-0.05, 0) is 11.6 Å². The lowest BCUT2D eigenvalue weighted by Crippen LogP contribution is -2.11. The number of hydrogen-bond donors (Lipinski definition) is 1. The van der Waals surface area contributed by atoms with Crippen molar-refractivity contribution in [2.45, 2.75) is 0 Å². The van der Waals surface area contributed by atoms with E-state index in [4.69, 9.17) is 10.5 Å². The first-order chi connectivity index (χ1) is 6.83. The number of halogens is 1. The maximum atomic E-state index is 11.0. The zero-order chi connectivity index (χ0) is 10.2. The lowest BCUT2D eigenvalue weighted by atomic mass is 10.2. The zero-order valence-corrected chi connectivity index (χ0v) is 9.07. The van der Waals surface area contributed by atoms with Gasteiger partial charge in [-0.2, -0.15) is 0 Å². The molecule has 4 heteroatoms. The van der Waals surface area contributed by atoms with Crippen LogP contribution in [0.15, 0.2) is 36.4 Å². The van der Waals surface area contributed by atoms with Crippen molar-refractivity contribution in [1.82, 2.24) is 0 Å². The van der Waals surface area contributed by atoms with Gasteiger partial charge in [0, 0.05) is 12.6 Å². The average Bonchev–Trinajstić information content (AvgIpc) is 2.25. The molecule has 3 nitrogen and oxygen atoms in total. The minimum absolute atomic E-state index is 0. The van der Waals surface area contributed by atoms with Gasteiger partial charge in [0.2, 0.25) is 0 Å². The Kier molecular flexibility index (Phi) is 7.32. The monoisotopic (exact) mass is 227 g/mol. The third kappa shape index (κ3) is 5.88. The number of hydrogen-bond acceptors (Lipinski definition) is 3. The van der Waals surface area contributed by atoms with E-state index in [9.17, 15) is 4.79 Å². The first-order valence-electron chi connectivity index (χ1n) is 4.43. The smallest absolute Gasteiger partial charge is 0.330 e. The Balaban J connectivity index is 0.00000196. The molecule has 0 radical (unpaired) electrons. The molecule has 0 bridgehead atoms. The van der Waals surface area contributed by atoms with E-state index in [0.29, 0.717) is 6.54 Å². The van der Waals surface area contributed by atoms with Gasteiger partial charge < -0.3 is 10.5 Å². The van der Waals surface area contributed by atoms with Crippen LogP contribution in [0.2, 0.25) is 0 Å². The molecular formula is C11H14ClNO2. The Labute approximate surface area is 95.3 Å². The van der Waals surface area contributed by atoms with Crippen LogP contribution in [-0.4, -0.2) is 19.1 Å². The summed E-state index contributed by atoms with van der Waals surface area (Å²) in [4.78, 5) is 11.0. The maximum Gasteiger partial charge on any atom is 0.330 e. The molecular weight excluding hydrogens is 214 g/mol. The zero-order valence-electron chi connectivity index (χ0n) is 8.26. The van der Waals surface area contributed by atoms with Gasteiger partial charge in [0.25, 0.3) is 0 Å². The van der Waals surface area contributed by atoms with Crippen LogP contribution in [0.25, 0.3) is 6.08 Å². The standard InChI is InChI=1S/C11H13NO2.ClH/c12-8-9-14-11(13)7-6-10-4-2-1-3-5-10;/h1-7H,8-9,12H2;1H. The first kappa shape index (κ1) is 13.7. The number of carbonyl (C=O) groups excluding carboxylic acids is 1. The average molecular weight is 228 g/mol. The van der Waals surface area contributed by atoms with Gasteiger partial charge in [-0.1, -0.05) is 30.3 Å². The van der Waals surface area contributed by atoms with E-state index >= 15 is 0 Å². The molecule has 0 unspecified atom stereocenters. The predicted octanol–water partition coefficient (Wildman–Crippen LogP) is 1.62. The van der Waals surface area contributed by atoms with E-state index in [1.807, 2.05) is 30.3 Å². The Hall–Kier alpha value is -1.32. The molecule has 15 heavy (non-hydrogen) atoms. The number of nitrogens with two attached hydrogens (primary N) is 1. The van der Waals surface area contributed by atoms with Crippen molar-refractivity contribution in [3.05, 3.63) is 42.0 Å².